The van der Waals surface area contributed by atoms with Gasteiger partial charge in [0.25, 0.3) is 0 Å². The molecule has 0 aromatic heterocycles. The SMILES string of the molecule is Cc1ccc(OCCCC(=O)N2CCNC(=O)C2)cc1. The van der Waals surface area contributed by atoms with E-state index in [-0.39, 0.29) is 18.4 Å². The molecule has 1 aliphatic heterocycles. The second kappa shape index (κ2) is 6.93. The Labute approximate surface area is 118 Å². The molecule has 1 N–H and O–H groups in total. The van der Waals surface area contributed by atoms with E-state index in [1.54, 1.807) is 4.90 Å². The summed E-state index contributed by atoms with van der Waals surface area (Å²) in [6.07, 6.45) is 1.07. The van der Waals surface area contributed by atoms with Crippen LogP contribution in [0.15, 0.2) is 24.3 Å². The van der Waals surface area contributed by atoms with Crippen LogP contribution in [0.1, 0.15) is 18.4 Å². The summed E-state index contributed by atoms with van der Waals surface area (Å²) in [6.45, 7) is 3.86. The average molecular weight is 276 g/mol. The normalized spacial score (nSPS) is 14.8. The Morgan fingerprint density at radius 1 is 1.35 bits per heavy atom. The van der Waals surface area contributed by atoms with Gasteiger partial charge in [0, 0.05) is 19.5 Å². The first-order valence-electron chi connectivity index (χ1n) is 6.89. The first-order valence-corrected chi connectivity index (χ1v) is 6.89. The zero-order chi connectivity index (χ0) is 14.4. The quantitative estimate of drug-likeness (QED) is 0.820. The highest BCUT2D eigenvalue weighted by Gasteiger charge is 2.20. The summed E-state index contributed by atoms with van der Waals surface area (Å²) in [5.41, 5.74) is 1.19. The lowest BCUT2D eigenvalue weighted by Crippen LogP contribution is -2.49. The zero-order valence-corrected chi connectivity index (χ0v) is 11.7. The number of piperazine rings is 1. The van der Waals surface area contributed by atoms with E-state index < -0.39 is 0 Å². The lowest BCUT2D eigenvalue weighted by atomic mass is 10.2. The van der Waals surface area contributed by atoms with E-state index in [1.807, 2.05) is 31.2 Å². The van der Waals surface area contributed by atoms with Crippen LogP contribution in [0.3, 0.4) is 0 Å². The van der Waals surface area contributed by atoms with Crippen molar-refractivity contribution in [3.63, 3.8) is 0 Å². The Kier molecular flexibility index (Phi) is 4.98. The first-order chi connectivity index (χ1) is 9.65. The minimum Gasteiger partial charge on any atom is -0.494 e. The number of aryl methyl sites for hydroxylation is 1. The van der Waals surface area contributed by atoms with Crippen LogP contribution in [0.4, 0.5) is 0 Å². The predicted molar refractivity (Wildman–Crippen MR) is 75.5 cm³/mol. The molecule has 1 aliphatic rings. The largest absolute Gasteiger partial charge is 0.494 e. The highest BCUT2D eigenvalue weighted by Crippen LogP contribution is 2.12. The standard InChI is InChI=1S/C15H20N2O3/c1-12-4-6-13(7-5-12)20-10-2-3-15(19)17-9-8-16-14(18)11-17/h4-7H,2-3,8-11H2,1H3,(H,16,18). The number of ether oxygens (including phenoxy) is 1. The Hall–Kier alpha value is -2.04. The summed E-state index contributed by atoms with van der Waals surface area (Å²) in [7, 11) is 0. The van der Waals surface area contributed by atoms with Crippen LogP contribution in [0.25, 0.3) is 0 Å². The van der Waals surface area contributed by atoms with Gasteiger partial charge in [-0.1, -0.05) is 17.7 Å². The lowest BCUT2D eigenvalue weighted by molar-refractivity contribution is -0.138. The van der Waals surface area contributed by atoms with Crippen molar-refractivity contribution >= 4 is 11.8 Å². The van der Waals surface area contributed by atoms with E-state index in [0.717, 1.165) is 5.75 Å². The molecular formula is C15H20N2O3. The van der Waals surface area contributed by atoms with Gasteiger partial charge in [0.2, 0.25) is 11.8 Å². The van der Waals surface area contributed by atoms with E-state index >= 15 is 0 Å². The molecule has 0 radical (unpaired) electrons. The van der Waals surface area contributed by atoms with E-state index in [0.29, 0.717) is 32.5 Å². The molecule has 0 unspecified atom stereocenters. The van der Waals surface area contributed by atoms with Crippen molar-refractivity contribution in [2.75, 3.05) is 26.2 Å². The summed E-state index contributed by atoms with van der Waals surface area (Å²) >= 11 is 0. The van der Waals surface area contributed by atoms with E-state index in [4.69, 9.17) is 4.74 Å². The van der Waals surface area contributed by atoms with Crippen LogP contribution in [0.5, 0.6) is 5.75 Å². The van der Waals surface area contributed by atoms with Gasteiger partial charge in [0.05, 0.1) is 13.2 Å². The molecule has 108 valence electrons. The number of hydrogen-bond donors (Lipinski definition) is 1. The van der Waals surface area contributed by atoms with Crippen molar-refractivity contribution in [1.29, 1.82) is 0 Å². The van der Waals surface area contributed by atoms with E-state index in [2.05, 4.69) is 5.32 Å². The van der Waals surface area contributed by atoms with Gasteiger partial charge in [0.1, 0.15) is 5.75 Å². The summed E-state index contributed by atoms with van der Waals surface area (Å²) in [6, 6.07) is 7.83. The van der Waals surface area contributed by atoms with Crippen molar-refractivity contribution in [3.05, 3.63) is 29.8 Å². The highest BCUT2D eigenvalue weighted by molar-refractivity contribution is 5.85. The Bertz CT molecular complexity index is 471. The maximum Gasteiger partial charge on any atom is 0.239 e. The lowest BCUT2D eigenvalue weighted by Gasteiger charge is -2.26. The number of rotatable bonds is 5. The molecule has 1 aromatic rings. The van der Waals surface area contributed by atoms with Crippen LogP contribution in [-0.2, 0) is 9.59 Å². The van der Waals surface area contributed by atoms with Gasteiger partial charge in [-0.05, 0) is 25.5 Å². The third-order valence-corrected chi connectivity index (χ3v) is 3.22. The second-order valence-corrected chi connectivity index (χ2v) is 4.93. The summed E-state index contributed by atoms with van der Waals surface area (Å²) in [5, 5.41) is 2.70. The molecule has 20 heavy (non-hydrogen) atoms. The van der Waals surface area contributed by atoms with Crippen molar-refractivity contribution in [1.82, 2.24) is 10.2 Å². The van der Waals surface area contributed by atoms with Crippen molar-refractivity contribution < 1.29 is 14.3 Å². The number of nitrogens with zero attached hydrogens (tertiary/aromatic N) is 1. The molecule has 2 rings (SSSR count). The highest BCUT2D eigenvalue weighted by atomic mass is 16.5. The van der Waals surface area contributed by atoms with E-state index in [9.17, 15) is 9.59 Å². The maximum atomic E-state index is 11.9. The molecule has 0 bridgehead atoms. The molecule has 2 amide bonds. The maximum absolute atomic E-state index is 11.9. The van der Waals surface area contributed by atoms with Crippen LogP contribution >= 0.6 is 0 Å². The topological polar surface area (TPSA) is 58.6 Å². The molecule has 0 saturated carbocycles. The fourth-order valence-corrected chi connectivity index (χ4v) is 2.06. The number of amides is 2. The second-order valence-electron chi connectivity index (χ2n) is 4.93. The Morgan fingerprint density at radius 2 is 2.10 bits per heavy atom. The monoisotopic (exact) mass is 276 g/mol. The Balaban J connectivity index is 1.66. The molecular weight excluding hydrogens is 256 g/mol. The number of nitrogens with one attached hydrogen (secondary N) is 1. The van der Waals surface area contributed by atoms with Gasteiger partial charge in [0.15, 0.2) is 0 Å². The molecule has 1 heterocycles. The molecule has 1 fully saturated rings. The van der Waals surface area contributed by atoms with Crippen LogP contribution < -0.4 is 10.1 Å². The molecule has 0 spiro atoms. The number of benzene rings is 1. The molecule has 5 heteroatoms. The van der Waals surface area contributed by atoms with Gasteiger partial charge >= 0.3 is 0 Å². The van der Waals surface area contributed by atoms with Crippen molar-refractivity contribution in [2.24, 2.45) is 0 Å². The number of hydrogen-bond acceptors (Lipinski definition) is 3. The van der Waals surface area contributed by atoms with E-state index in [1.165, 1.54) is 5.56 Å². The average Bonchev–Trinajstić information content (AvgIpc) is 2.45. The first kappa shape index (κ1) is 14.4. The molecule has 1 saturated heterocycles. The fourth-order valence-electron chi connectivity index (χ4n) is 2.06. The van der Waals surface area contributed by atoms with Crippen LogP contribution in [0.2, 0.25) is 0 Å². The molecule has 0 aliphatic carbocycles. The third kappa shape index (κ3) is 4.26. The van der Waals surface area contributed by atoms with Gasteiger partial charge in [-0.2, -0.15) is 0 Å². The van der Waals surface area contributed by atoms with Gasteiger partial charge in [-0.15, -0.1) is 0 Å². The smallest absolute Gasteiger partial charge is 0.239 e. The minimum atomic E-state index is -0.0829. The summed E-state index contributed by atoms with van der Waals surface area (Å²) in [5.74, 6) is 0.758. The van der Waals surface area contributed by atoms with Gasteiger partial charge in [-0.3, -0.25) is 9.59 Å². The number of carbonyl (C=O) groups is 2. The fraction of sp³-hybridized carbons (Fsp3) is 0.467. The van der Waals surface area contributed by atoms with Crippen molar-refractivity contribution in [3.8, 4) is 5.75 Å². The van der Waals surface area contributed by atoms with Gasteiger partial charge < -0.3 is 15.0 Å². The molecule has 1 aromatic carbocycles. The van der Waals surface area contributed by atoms with Gasteiger partial charge in [-0.25, -0.2) is 0 Å². The Morgan fingerprint density at radius 3 is 2.80 bits per heavy atom. The van der Waals surface area contributed by atoms with Crippen molar-refractivity contribution in [2.45, 2.75) is 19.8 Å². The van der Waals surface area contributed by atoms with Crippen LogP contribution in [-0.4, -0.2) is 43.0 Å². The third-order valence-electron chi connectivity index (χ3n) is 3.22. The molecule has 0 atom stereocenters. The number of carbonyl (C=O) groups excluding carboxylic acids is 2. The molecule has 5 nitrogen and oxygen atoms in total. The summed E-state index contributed by atoms with van der Waals surface area (Å²) < 4.78 is 5.57. The predicted octanol–water partition coefficient (Wildman–Crippen LogP) is 1.11. The zero-order valence-electron chi connectivity index (χ0n) is 11.7. The summed E-state index contributed by atoms with van der Waals surface area (Å²) in [4.78, 5) is 24.7. The van der Waals surface area contributed by atoms with Crippen LogP contribution in [0, 0.1) is 6.92 Å². The minimum absolute atomic E-state index is 0.0207.